The highest BCUT2D eigenvalue weighted by molar-refractivity contribution is 6.06. The summed E-state index contributed by atoms with van der Waals surface area (Å²) in [6.45, 7) is 3.15. The minimum Gasteiger partial charge on any atom is -0.349 e. The molecule has 0 saturated carbocycles. The molecule has 0 radical (unpaired) electrons. The van der Waals surface area contributed by atoms with Crippen molar-refractivity contribution in [2.75, 3.05) is 6.54 Å². The smallest absolute Gasteiger partial charge is 0.268 e. The van der Waals surface area contributed by atoms with Gasteiger partial charge in [-0.1, -0.05) is 0 Å². The number of benzene rings is 1. The first kappa shape index (κ1) is 13.0. The maximum atomic E-state index is 14.1. The summed E-state index contributed by atoms with van der Waals surface area (Å²) in [5.74, 6) is -0.396. The first-order valence-corrected chi connectivity index (χ1v) is 7.18. The number of aromatic nitrogens is 2. The Morgan fingerprint density at radius 1 is 1.27 bits per heavy atom. The van der Waals surface area contributed by atoms with E-state index >= 15 is 0 Å². The Hall–Kier alpha value is -2.69. The van der Waals surface area contributed by atoms with Crippen LogP contribution in [0.3, 0.4) is 0 Å². The van der Waals surface area contributed by atoms with Crippen molar-refractivity contribution >= 4 is 16.8 Å². The van der Waals surface area contributed by atoms with Gasteiger partial charge in [-0.05, 0) is 42.3 Å². The van der Waals surface area contributed by atoms with Crippen LogP contribution in [0.15, 0.2) is 36.7 Å². The van der Waals surface area contributed by atoms with Gasteiger partial charge in [0.25, 0.3) is 5.91 Å². The van der Waals surface area contributed by atoms with Crippen LogP contribution in [0, 0.1) is 12.7 Å². The third kappa shape index (κ3) is 1.75. The number of rotatable bonds is 1. The van der Waals surface area contributed by atoms with Crippen molar-refractivity contribution in [1.82, 2.24) is 14.9 Å². The van der Waals surface area contributed by atoms with Crippen LogP contribution in [0.5, 0.6) is 0 Å². The SMILES string of the molecule is Cc1c2n(c3c(-c4ccncc4)cc(F)cc13)CCNC2=O. The molecule has 5 heteroatoms. The molecule has 1 N–H and O–H groups in total. The van der Waals surface area contributed by atoms with Crippen molar-refractivity contribution in [1.29, 1.82) is 0 Å². The second-order valence-electron chi connectivity index (χ2n) is 5.47. The number of fused-ring (bicyclic) bond motifs is 3. The zero-order chi connectivity index (χ0) is 15.3. The van der Waals surface area contributed by atoms with E-state index in [1.54, 1.807) is 12.4 Å². The third-order valence-corrected chi connectivity index (χ3v) is 4.20. The summed E-state index contributed by atoms with van der Waals surface area (Å²) in [7, 11) is 0. The van der Waals surface area contributed by atoms with Crippen molar-refractivity contribution in [2.24, 2.45) is 0 Å². The minimum atomic E-state index is -0.300. The summed E-state index contributed by atoms with van der Waals surface area (Å²) >= 11 is 0. The van der Waals surface area contributed by atoms with E-state index in [0.717, 1.165) is 27.6 Å². The van der Waals surface area contributed by atoms with Crippen LogP contribution >= 0.6 is 0 Å². The van der Waals surface area contributed by atoms with Gasteiger partial charge < -0.3 is 9.88 Å². The van der Waals surface area contributed by atoms with Gasteiger partial charge in [0.15, 0.2) is 0 Å². The number of aryl methyl sites for hydroxylation is 1. The van der Waals surface area contributed by atoms with E-state index < -0.39 is 0 Å². The number of carbonyl (C=O) groups excluding carboxylic acids is 1. The molecule has 0 atom stereocenters. The standard InChI is InChI=1S/C17H14FN3O/c1-10-13-8-12(18)9-14(11-2-4-19-5-3-11)16(13)21-7-6-20-17(22)15(10)21/h2-5,8-9H,6-7H2,1H3,(H,20,22). The lowest BCUT2D eigenvalue weighted by Gasteiger charge is -2.18. The lowest BCUT2D eigenvalue weighted by molar-refractivity contribution is 0.0928. The molecule has 3 heterocycles. The minimum absolute atomic E-state index is 0.0963. The molecule has 0 saturated heterocycles. The normalized spacial score (nSPS) is 14.0. The highest BCUT2D eigenvalue weighted by Crippen LogP contribution is 2.35. The van der Waals surface area contributed by atoms with E-state index in [2.05, 4.69) is 10.3 Å². The van der Waals surface area contributed by atoms with Crippen LogP contribution < -0.4 is 5.32 Å². The number of amides is 1. The zero-order valence-electron chi connectivity index (χ0n) is 12.1. The number of nitrogens with one attached hydrogen (secondary N) is 1. The molecule has 1 amide bonds. The van der Waals surface area contributed by atoms with Gasteiger partial charge in [0.1, 0.15) is 11.5 Å². The van der Waals surface area contributed by atoms with Gasteiger partial charge in [0, 0.05) is 36.4 Å². The molecule has 3 aromatic rings. The topological polar surface area (TPSA) is 46.9 Å². The first-order valence-electron chi connectivity index (χ1n) is 7.18. The monoisotopic (exact) mass is 295 g/mol. The van der Waals surface area contributed by atoms with E-state index in [4.69, 9.17) is 0 Å². The average Bonchev–Trinajstić information content (AvgIpc) is 2.82. The lowest BCUT2D eigenvalue weighted by Crippen LogP contribution is -2.35. The summed E-state index contributed by atoms with van der Waals surface area (Å²) in [4.78, 5) is 16.2. The van der Waals surface area contributed by atoms with Crippen LogP contribution in [-0.2, 0) is 6.54 Å². The number of halogens is 1. The Kier molecular flexibility index (Phi) is 2.76. The van der Waals surface area contributed by atoms with Crippen LogP contribution in [0.1, 0.15) is 16.1 Å². The highest BCUT2D eigenvalue weighted by atomic mass is 19.1. The fraction of sp³-hybridized carbons (Fsp3) is 0.176. The zero-order valence-corrected chi connectivity index (χ0v) is 12.1. The Balaban J connectivity index is 2.14. The predicted molar refractivity (Wildman–Crippen MR) is 82.2 cm³/mol. The fourth-order valence-corrected chi connectivity index (χ4v) is 3.25. The second-order valence-corrected chi connectivity index (χ2v) is 5.47. The van der Waals surface area contributed by atoms with Crippen LogP contribution in [0.4, 0.5) is 4.39 Å². The Morgan fingerprint density at radius 2 is 2.05 bits per heavy atom. The third-order valence-electron chi connectivity index (χ3n) is 4.20. The van der Waals surface area contributed by atoms with E-state index in [1.165, 1.54) is 12.1 Å². The van der Waals surface area contributed by atoms with Crippen molar-refractivity contribution < 1.29 is 9.18 Å². The fourth-order valence-electron chi connectivity index (χ4n) is 3.25. The lowest BCUT2D eigenvalue weighted by atomic mass is 10.0. The van der Waals surface area contributed by atoms with Gasteiger partial charge >= 0.3 is 0 Å². The molecule has 110 valence electrons. The largest absolute Gasteiger partial charge is 0.349 e. The first-order chi connectivity index (χ1) is 10.7. The molecule has 22 heavy (non-hydrogen) atoms. The molecule has 0 fully saturated rings. The molecule has 0 spiro atoms. The summed E-state index contributed by atoms with van der Waals surface area (Å²) in [6, 6.07) is 6.74. The molecule has 4 nitrogen and oxygen atoms in total. The van der Waals surface area contributed by atoms with Gasteiger partial charge in [0.05, 0.1) is 5.52 Å². The van der Waals surface area contributed by atoms with Crippen LogP contribution in [0.25, 0.3) is 22.0 Å². The number of carbonyl (C=O) groups is 1. The molecule has 0 bridgehead atoms. The number of hydrogen-bond donors (Lipinski definition) is 1. The van der Waals surface area contributed by atoms with Gasteiger partial charge in [-0.15, -0.1) is 0 Å². The van der Waals surface area contributed by atoms with Crippen molar-refractivity contribution in [2.45, 2.75) is 13.5 Å². The maximum Gasteiger partial charge on any atom is 0.268 e. The number of pyridine rings is 1. The molecular weight excluding hydrogens is 281 g/mol. The van der Waals surface area contributed by atoms with E-state index in [1.807, 2.05) is 23.6 Å². The van der Waals surface area contributed by atoms with Gasteiger partial charge in [-0.25, -0.2) is 4.39 Å². The molecule has 4 rings (SSSR count). The van der Waals surface area contributed by atoms with Crippen molar-refractivity contribution in [3.8, 4) is 11.1 Å². The van der Waals surface area contributed by atoms with E-state index in [0.29, 0.717) is 18.8 Å². The highest BCUT2D eigenvalue weighted by Gasteiger charge is 2.25. The Morgan fingerprint density at radius 3 is 2.82 bits per heavy atom. The molecule has 1 aliphatic rings. The number of hydrogen-bond acceptors (Lipinski definition) is 2. The maximum absolute atomic E-state index is 14.1. The molecule has 2 aromatic heterocycles. The summed E-state index contributed by atoms with van der Waals surface area (Å²) in [5.41, 5.74) is 4.05. The van der Waals surface area contributed by atoms with Gasteiger partial charge in [0.2, 0.25) is 0 Å². The average molecular weight is 295 g/mol. The Bertz CT molecular complexity index is 899. The summed E-state index contributed by atoms with van der Waals surface area (Å²) in [6.07, 6.45) is 3.37. The number of nitrogens with zero attached hydrogens (tertiary/aromatic N) is 2. The Labute approximate surface area is 126 Å². The molecular formula is C17H14FN3O. The van der Waals surface area contributed by atoms with E-state index in [9.17, 15) is 9.18 Å². The summed E-state index contributed by atoms with van der Waals surface area (Å²) in [5, 5.41) is 3.64. The van der Waals surface area contributed by atoms with Gasteiger partial charge in [-0.2, -0.15) is 0 Å². The molecule has 1 aliphatic heterocycles. The predicted octanol–water partition coefficient (Wildman–Crippen LogP) is 2.89. The quantitative estimate of drug-likeness (QED) is 0.750. The second kappa shape index (κ2) is 4.66. The van der Waals surface area contributed by atoms with Crippen LogP contribution in [-0.4, -0.2) is 22.0 Å². The van der Waals surface area contributed by atoms with E-state index in [-0.39, 0.29) is 11.7 Å². The molecule has 0 unspecified atom stereocenters. The van der Waals surface area contributed by atoms with Crippen LogP contribution in [0.2, 0.25) is 0 Å². The van der Waals surface area contributed by atoms with Gasteiger partial charge in [-0.3, -0.25) is 9.78 Å². The van der Waals surface area contributed by atoms with Crippen molar-refractivity contribution in [3.05, 3.63) is 53.7 Å². The molecule has 0 aliphatic carbocycles. The summed E-state index contributed by atoms with van der Waals surface area (Å²) < 4.78 is 16.1. The molecule has 1 aromatic carbocycles. The van der Waals surface area contributed by atoms with Crippen molar-refractivity contribution in [3.63, 3.8) is 0 Å².